The first-order valence-corrected chi connectivity index (χ1v) is 19.0. The number of hydrogen-bond donors (Lipinski definition) is 1. The minimum Gasteiger partial charge on any atom is -0.494 e. The van der Waals surface area contributed by atoms with Crippen LogP contribution in [0.1, 0.15) is 70.3 Å². The maximum Gasteiger partial charge on any atom is 0.294 e. The van der Waals surface area contributed by atoms with Crippen LogP contribution in [0.3, 0.4) is 0 Å². The van der Waals surface area contributed by atoms with Gasteiger partial charge in [-0.15, -0.1) is 10.1 Å². The van der Waals surface area contributed by atoms with Gasteiger partial charge >= 0.3 is 0 Å². The number of aryl methyl sites for hydroxylation is 1. The van der Waals surface area contributed by atoms with Crippen molar-refractivity contribution in [2.24, 2.45) is 0 Å². The zero-order valence-electron chi connectivity index (χ0n) is 31.4. The van der Waals surface area contributed by atoms with E-state index in [4.69, 9.17) is 14.2 Å². The first kappa shape index (κ1) is 39.2. The van der Waals surface area contributed by atoms with Crippen molar-refractivity contribution in [1.29, 1.82) is 0 Å². The molecule has 4 aromatic rings. The highest BCUT2D eigenvalue weighted by atomic mass is 16.9. The summed E-state index contributed by atoms with van der Waals surface area (Å²) in [5.74, 6) is 0.698. The molecule has 2 atom stereocenters. The fourth-order valence-electron chi connectivity index (χ4n) is 7.22. The second kappa shape index (κ2) is 19.7. The van der Waals surface area contributed by atoms with E-state index in [1.165, 1.54) is 18.2 Å². The fraction of sp³-hybridized carbons (Fsp3) is 0.395. The summed E-state index contributed by atoms with van der Waals surface area (Å²) in [5.41, 5.74) is 6.91. The lowest BCUT2D eigenvalue weighted by Crippen LogP contribution is -2.46. The van der Waals surface area contributed by atoms with Gasteiger partial charge in [0.1, 0.15) is 12.4 Å². The summed E-state index contributed by atoms with van der Waals surface area (Å²) in [6, 6.07) is 31.5. The number of carbonyl (C=O) groups is 2. The lowest BCUT2D eigenvalue weighted by atomic mass is 9.86. The standard InChI is InChI=1S/C43H50N4O8/c1-32(48)44-21-24-45-22-5-9-37-13-12-35(27-41(37)45)30-54-42-28-46(43(49)38-14-10-34(11-15-38)31-55-47(50)51)23-20-40(42)36-16-18-39(19-17-36)53-26-6-25-52-29-33-7-3-2-4-8-33/h2-4,7-8,10-19,27,40,42H,5-6,9,20-26,28-31H2,1H3,(H,44,48). The van der Waals surface area contributed by atoms with E-state index in [-0.39, 0.29) is 30.4 Å². The minimum atomic E-state index is -0.830. The molecule has 1 fully saturated rings. The van der Waals surface area contributed by atoms with Gasteiger partial charge in [-0.2, -0.15) is 0 Å². The molecule has 1 N–H and O–H groups in total. The lowest BCUT2D eigenvalue weighted by Gasteiger charge is -2.39. The van der Waals surface area contributed by atoms with Crippen LogP contribution in [-0.4, -0.2) is 73.8 Å². The average Bonchev–Trinajstić information content (AvgIpc) is 3.21. The number of ether oxygens (including phenoxy) is 3. The average molecular weight is 751 g/mol. The van der Waals surface area contributed by atoms with Crippen LogP contribution in [0.15, 0.2) is 97.1 Å². The highest BCUT2D eigenvalue weighted by molar-refractivity contribution is 5.94. The van der Waals surface area contributed by atoms with Crippen LogP contribution in [0.25, 0.3) is 0 Å². The Morgan fingerprint density at radius 2 is 1.64 bits per heavy atom. The second-order valence-corrected chi connectivity index (χ2v) is 14.0. The van der Waals surface area contributed by atoms with Gasteiger partial charge in [0.05, 0.1) is 32.5 Å². The predicted molar refractivity (Wildman–Crippen MR) is 208 cm³/mol. The minimum absolute atomic E-state index is 0.0318. The highest BCUT2D eigenvalue weighted by Gasteiger charge is 2.34. The van der Waals surface area contributed by atoms with Crippen molar-refractivity contribution in [3.63, 3.8) is 0 Å². The van der Waals surface area contributed by atoms with Crippen molar-refractivity contribution in [2.75, 3.05) is 50.8 Å². The molecule has 0 bridgehead atoms. The van der Waals surface area contributed by atoms with E-state index < -0.39 is 5.09 Å². The number of piperidine rings is 1. The van der Waals surface area contributed by atoms with E-state index in [1.54, 1.807) is 24.3 Å². The van der Waals surface area contributed by atoms with E-state index in [0.717, 1.165) is 54.8 Å². The van der Waals surface area contributed by atoms with Crippen molar-refractivity contribution < 1.29 is 33.7 Å². The summed E-state index contributed by atoms with van der Waals surface area (Å²) < 4.78 is 18.6. The topological polar surface area (TPSA) is 133 Å². The zero-order chi connectivity index (χ0) is 38.4. The summed E-state index contributed by atoms with van der Waals surface area (Å²) in [6.07, 6.45) is 3.30. The number of nitrogens with one attached hydrogen (secondary N) is 1. The zero-order valence-corrected chi connectivity index (χ0v) is 31.4. The second-order valence-electron chi connectivity index (χ2n) is 14.0. The third-order valence-electron chi connectivity index (χ3n) is 10.1. The van der Waals surface area contributed by atoms with Gasteiger partial charge in [0, 0.05) is 63.2 Å². The third kappa shape index (κ3) is 11.5. The Morgan fingerprint density at radius 1 is 0.873 bits per heavy atom. The number of nitrogens with zero attached hydrogens (tertiary/aromatic N) is 3. The normalized spacial score (nSPS) is 16.6. The Balaban J connectivity index is 1.10. The summed E-state index contributed by atoms with van der Waals surface area (Å²) >= 11 is 0. The molecule has 290 valence electrons. The molecule has 1 saturated heterocycles. The quantitative estimate of drug-likeness (QED) is 0.0689. The van der Waals surface area contributed by atoms with Crippen molar-refractivity contribution in [2.45, 2.75) is 64.4 Å². The number of hydrogen-bond acceptors (Lipinski definition) is 9. The molecule has 0 saturated carbocycles. The van der Waals surface area contributed by atoms with Crippen LogP contribution in [0.2, 0.25) is 0 Å². The first-order chi connectivity index (χ1) is 26.8. The van der Waals surface area contributed by atoms with Gasteiger partial charge in [0.2, 0.25) is 5.91 Å². The monoisotopic (exact) mass is 750 g/mol. The number of rotatable bonds is 18. The van der Waals surface area contributed by atoms with Crippen LogP contribution in [0, 0.1) is 10.1 Å². The van der Waals surface area contributed by atoms with Gasteiger partial charge in [0.15, 0.2) is 0 Å². The van der Waals surface area contributed by atoms with Crippen molar-refractivity contribution in [1.82, 2.24) is 10.2 Å². The molecule has 4 aromatic carbocycles. The van der Waals surface area contributed by atoms with E-state index in [1.807, 2.05) is 35.2 Å². The molecule has 6 rings (SSSR count). The SMILES string of the molecule is CC(=O)NCCN1CCCc2ccc(COC3CN(C(=O)c4ccc(CO[N+](=O)[O-])cc4)CCC3c3ccc(OCCCOCc4ccccc4)cc3)cc21. The molecule has 2 aliphatic rings. The summed E-state index contributed by atoms with van der Waals surface area (Å²) in [4.78, 5) is 44.4. The molecule has 2 aliphatic heterocycles. The summed E-state index contributed by atoms with van der Waals surface area (Å²) in [5, 5.41) is 12.7. The predicted octanol–water partition coefficient (Wildman–Crippen LogP) is 6.48. The Kier molecular flexibility index (Phi) is 14.1. The molecular weight excluding hydrogens is 700 g/mol. The number of carbonyl (C=O) groups excluding carboxylic acids is 2. The van der Waals surface area contributed by atoms with Crippen molar-refractivity contribution in [3.05, 3.63) is 141 Å². The smallest absolute Gasteiger partial charge is 0.294 e. The van der Waals surface area contributed by atoms with Gasteiger partial charge in [-0.05, 0) is 77.4 Å². The van der Waals surface area contributed by atoms with E-state index in [0.29, 0.717) is 63.6 Å². The van der Waals surface area contributed by atoms with Crippen LogP contribution in [0.5, 0.6) is 5.75 Å². The number of amides is 2. The molecule has 12 nitrogen and oxygen atoms in total. The number of fused-ring (bicyclic) bond motifs is 1. The molecule has 2 unspecified atom stereocenters. The molecule has 0 aliphatic carbocycles. The van der Waals surface area contributed by atoms with Crippen molar-refractivity contribution in [3.8, 4) is 5.75 Å². The van der Waals surface area contributed by atoms with E-state index >= 15 is 0 Å². The molecule has 0 spiro atoms. The van der Waals surface area contributed by atoms with Gasteiger partial charge in [-0.25, -0.2) is 0 Å². The van der Waals surface area contributed by atoms with Gasteiger partial charge < -0.3 is 34.2 Å². The molecule has 55 heavy (non-hydrogen) atoms. The first-order valence-electron chi connectivity index (χ1n) is 19.0. The molecular formula is C43H50N4O8. The molecule has 2 amide bonds. The molecule has 0 aromatic heterocycles. The highest BCUT2D eigenvalue weighted by Crippen LogP contribution is 2.34. The van der Waals surface area contributed by atoms with E-state index in [2.05, 4.69) is 57.5 Å². The maximum absolute atomic E-state index is 13.7. The Bertz CT molecular complexity index is 1860. The molecule has 12 heteroatoms. The molecule has 0 radical (unpaired) electrons. The number of benzene rings is 4. The number of anilines is 1. The Labute approximate surface area is 322 Å². The summed E-state index contributed by atoms with van der Waals surface area (Å²) in [7, 11) is 0. The van der Waals surface area contributed by atoms with E-state index in [9.17, 15) is 19.7 Å². The van der Waals surface area contributed by atoms with Gasteiger partial charge in [-0.1, -0.05) is 66.7 Å². The van der Waals surface area contributed by atoms with Gasteiger partial charge in [0.25, 0.3) is 11.0 Å². The Morgan fingerprint density at radius 3 is 2.40 bits per heavy atom. The third-order valence-corrected chi connectivity index (χ3v) is 10.1. The lowest BCUT2D eigenvalue weighted by molar-refractivity contribution is -0.763. The van der Waals surface area contributed by atoms with Crippen molar-refractivity contribution >= 4 is 17.5 Å². The van der Waals surface area contributed by atoms with Crippen LogP contribution in [-0.2, 0) is 45.3 Å². The van der Waals surface area contributed by atoms with Gasteiger partial charge in [-0.3, -0.25) is 9.59 Å². The maximum atomic E-state index is 13.7. The van der Waals surface area contributed by atoms with Crippen LogP contribution in [0.4, 0.5) is 5.69 Å². The molecule has 2 heterocycles. The summed E-state index contributed by atoms with van der Waals surface area (Å²) in [6.45, 7) is 6.72. The van der Waals surface area contributed by atoms with Crippen LogP contribution < -0.4 is 15.0 Å². The number of likely N-dealkylation sites (tertiary alicyclic amines) is 1. The fourth-order valence-corrected chi connectivity index (χ4v) is 7.22. The largest absolute Gasteiger partial charge is 0.494 e. The Hall–Kier alpha value is -5.46. The van der Waals surface area contributed by atoms with Crippen LogP contribution >= 0.6 is 0 Å².